The normalized spacial score (nSPS) is 12.3. The summed E-state index contributed by atoms with van der Waals surface area (Å²) in [6, 6.07) is 3.64. The third-order valence-electron chi connectivity index (χ3n) is 5.64. The largest absolute Gasteiger partial charge is 0.477 e. The summed E-state index contributed by atoms with van der Waals surface area (Å²) in [6.45, 7) is 0. The second-order valence-corrected chi connectivity index (χ2v) is 8.04. The number of carbonyl (C=O) groups is 2. The SMILES string of the molecule is O=C(O)C(=C/C=C/c1cc2[nH]c1c(F)c1ccc([nH]1)c(F)c1nc(c(F)c3nc(c2F)C=C3)C=C1)C(=O)O. The van der Waals surface area contributed by atoms with Gasteiger partial charge in [-0.3, -0.25) is 0 Å². The monoisotopic (exact) mass is 522 g/mol. The fourth-order valence-corrected chi connectivity index (χ4v) is 3.79. The van der Waals surface area contributed by atoms with Crippen LogP contribution in [0.5, 0.6) is 0 Å². The molecule has 0 unspecified atom stereocenters. The fourth-order valence-electron chi connectivity index (χ4n) is 3.79. The highest BCUT2D eigenvalue weighted by Crippen LogP contribution is 2.27. The fraction of sp³-hybridized carbons (Fsp3) is 0. The zero-order chi connectivity index (χ0) is 27.1. The summed E-state index contributed by atoms with van der Waals surface area (Å²) in [5.74, 6) is -7.09. The number of aliphatic carboxylic acids is 2. The molecule has 3 aromatic rings. The molecule has 0 amide bonds. The number of allylic oxidation sites excluding steroid dienone is 2. The molecule has 0 saturated carbocycles. The number of nitrogens with one attached hydrogen (secondary N) is 2. The molecule has 12 heteroatoms. The zero-order valence-corrected chi connectivity index (χ0v) is 18.9. The number of aromatic nitrogens is 4. The summed E-state index contributed by atoms with van der Waals surface area (Å²) in [7, 11) is 0. The van der Waals surface area contributed by atoms with Crippen LogP contribution >= 0.6 is 0 Å². The lowest BCUT2D eigenvalue weighted by Crippen LogP contribution is -2.10. The Kier molecular flexibility index (Phi) is 5.99. The van der Waals surface area contributed by atoms with E-state index in [2.05, 4.69) is 19.9 Å². The van der Waals surface area contributed by atoms with E-state index >= 15 is 13.2 Å². The quantitative estimate of drug-likeness (QED) is 0.0831. The number of carboxylic acid groups (broad SMARTS) is 2. The summed E-state index contributed by atoms with van der Waals surface area (Å²) < 4.78 is 61.0. The van der Waals surface area contributed by atoms with E-state index in [-0.39, 0.29) is 50.4 Å². The van der Waals surface area contributed by atoms with Crippen LogP contribution in [0.3, 0.4) is 0 Å². The zero-order valence-electron chi connectivity index (χ0n) is 18.9. The van der Waals surface area contributed by atoms with Crippen LogP contribution in [0.2, 0.25) is 0 Å². The van der Waals surface area contributed by atoms with Crippen LogP contribution in [0.25, 0.3) is 52.4 Å². The standard InChI is InChI=1S/C26H14F4N4O4/c27-20-13-4-5-14(31-13)21(28)16-8-9-18(33-16)23(30)24-11(2-1-3-12(25(35)36)26(37)38)10-19(34-24)22(29)17-7-6-15(20)32-17/h1-10,33-34H,(H,35,36)(H,37,38)/b2-1+,20-13?,20-15?,21-14?,21-16?,22-17?,22-19?,23-18?,24-23?. The first-order valence-corrected chi connectivity index (χ1v) is 10.8. The van der Waals surface area contributed by atoms with Gasteiger partial charge in [0.2, 0.25) is 0 Å². The van der Waals surface area contributed by atoms with Crippen molar-refractivity contribution in [2.45, 2.75) is 0 Å². The van der Waals surface area contributed by atoms with Gasteiger partial charge in [0.1, 0.15) is 28.3 Å². The number of nitrogens with zero attached hydrogens (tertiary/aromatic N) is 2. The highest BCUT2D eigenvalue weighted by atomic mass is 19.1. The second kappa shape index (κ2) is 9.32. The van der Waals surface area contributed by atoms with Crippen LogP contribution in [0.4, 0.5) is 17.6 Å². The lowest BCUT2D eigenvalue weighted by molar-refractivity contribution is -0.140. The Morgan fingerprint density at radius 3 is 1.76 bits per heavy atom. The van der Waals surface area contributed by atoms with E-state index in [1.807, 2.05) is 0 Å². The highest BCUT2D eigenvalue weighted by Gasteiger charge is 2.18. The molecule has 38 heavy (non-hydrogen) atoms. The van der Waals surface area contributed by atoms with Gasteiger partial charge < -0.3 is 20.2 Å². The maximum atomic E-state index is 15.6. The lowest BCUT2D eigenvalue weighted by atomic mass is 10.2. The van der Waals surface area contributed by atoms with Crippen LogP contribution < -0.4 is 0 Å². The van der Waals surface area contributed by atoms with E-state index < -0.39 is 40.8 Å². The Morgan fingerprint density at radius 2 is 1.21 bits per heavy atom. The molecule has 190 valence electrons. The maximum absolute atomic E-state index is 15.6. The Bertz CT molecular complexity index is 1810. The van der Waals surface area contributed by atoms with Crippen molar-refractivity contribution in [3.8, 4) is 0 Å². The number of carboxylic acids is 2. The van der Waals surface area contributed by atoms with Crippen LogP contribution in [0, 0.1) is 23.3 Å². The van der Waals surface area contributed by atoms with E-state index in [0.29, 0.717) is 0 Å². The average molecular weight is 522 g/mol. The number of aromatic amines is 2. The highest BCUT2D eigenvalue weighted by molar-refractivity contribution is 6.12. The topological polar surface area (TPSA) is 132 Å². The van der Waals surface area contributed by atoms with Gasteiger partial charge >= 0.3 is 11.9 Å². The first kappa shape index (κ1) is 24.4. The molecule has 2 aliphatic rings. The van der Waals surface area contributed by atoms with Gasteiger partial charge in [-0.05, 0) is 48.6 Å². The molecular weight excluding hydrogens is 508 g/mol. The average Bonchev–Trinajstić information content (AvgIpc) is 3.69. The molecule has 8 nitrogen and oxygen atoms in total. The molecule has 0 atom stereocenters. The van der Waals surface area contributed by atoms with Gasteiger partial charge in [0.05, 0.1) is 22.1 Å². The number of halogens is 4. The van der Waals surface area contributed by atoms with Crippen LogP contribution in [-0.2, 0) is 9.59 Å². The minimum Gasteiger partial charge on any atom is -0.477 e. The minimum absolute atomic E-state index is 0.00427. The van der Waals surface area contributed by atoms with Gasteiger partial charge in [0, 0.05) is 5.56 Å². The van der Waals surface area contributed by atoms with E-state index in [1.165, 1.54) is 42.5 Å². The van der Waals surface area contributed by atoms with E-state index in [0.717, 1.165) is 18.2 Å². The van der Waals surface area contributed by atoms with Crippen molar-refractivity contribution in [3.05, 3.63) is 87.5 Å². The minimum atomic E-state index is -1.70. The van der Waals surface area contributed by atoms with Crippen molar-refractivity contribution in [1.29, 1.82) is 0 Å². The predicted molar refractivity (Wildman–Crippen MR) is 131 cm³/mol. The number of hydrogen-bond acceptors (Lipinski definition) is 4. The van der Waals surface area contributed by atoms with Gasteiger partial charge in [0.15, 0.2) is 23.3 Å². The molecule has 0 spiro atoms. The third kappa shape index (κ3) is 4.28. The van der Waals surface area contributed by atoms with E-state index in [9.17, 15) is 14.0 Å². The van der Waals surface area contributed by atoms with Crippen LogP contribution in [0.15, 0.2) is 35.9 Å². The van der Waals surface area contributed by atoms with E-state index in [1.54, 1.807) is 0 Å². The van der Waals surface area contributed by atoms with Gasteiger partial charge in [-0.25, -0.2) is 37.1 Å². The molecule has 8 bridgehead atoms. The van der Waals surface area contributed by atoms with Crippen molar-refractivity contribution in [2.75, 3.05) is 0 Å². The van der Waals surface area contributed by atoms with Gasteiger partial charge in [-0.1, -0.05) is 12.2 Å². The summed E-state index contributed by atoms with van der Waals surface area (Å²) >= 11 is 0. The Hall–Kier alpha value is -5.26. The second-order valence-electron chi connectivity index (χ2n) is 8.04. The molecule has 0 saturated heterocycles. The van der Waals surface area contributed by atoms with Crippen LogP contribution in [0.1, 0.15) is 28.3 Å². The van der Waals surface area contributed by atoms with Crippen molar-refractivity contribution >= 4 is 64.4 Å². The molecule has 0 aromatic carbocycles. The van der Waals surface area contributed by atoms with E-state index in [4.69, 9.17) is 10.2 Å². The summed E-state index contributed by atoms with van der Waals surface area (Å²) in [5.41, 5.74) is -2.83. The van der Waals surface area contributed by atoms with Gasteiger partial charge in [-0.2, -0.15) is 0 Å². The third-order valence-corrected chi connectivity index (χ3v) is 5.64. The van der Waals surface area contributed by atoms with Crippen LogP contribution in [-0.4, -0.2) is 42.1 Å². The maximum Gasteiger partial charge on any atom is 0.343 e. The first-order chi connectivity index (χ1) is 18.1. The molecule has 0 aliphatic carbocycles. The smallest absolute Gasteiger partial charge is 0.343 e. The molecule has 2 aliphatic heterocycles. The van der Waals surface area contributed by atoms with Crippen molar-refractivity contribution < 1.29 is 37.4 Å². The Morgan fingerprint density at radius 1 is 0.711 bits per heavy atom. The summed E-state index contributed by atoms with van der Waals surface area (Å²) in [4.78, 5) is 35.1. The first-order valence-electron chi connectivity index (χ1n) is 10.8. The Labute approximate surface area is 209 Å². The lowest BCUT2D eigenvalue weighted by Gasteiger charge is -1.94. The molecule has 0 radical (unpaired) electrons. The molecule has 3 aromatic heterocycles. The van der Waals surface area contributed by atoms with Gasteiger partial charge in [0.25, 0.3) is 0 Å². The van der Waals surface area contributed by atoms with Crippen molar-refractivity contribution in [3.63, 3.8) is 0 Å². The van der Waals surface area contributed by atoms with Crippen molar-refractivity contribution in [2.24, 2.45) is 0 Å². The molecule has 5 heterocycles. The predicted octanol–water partition coefficient (Wildman–Crippen LogP) is 5.32. The molecule has 0 fully saturated rings. The number of rotatable bonds is 4. The Balaban J connectivity index is 1.85. The number of H-pyrrole nitrogens is 2. The molecule has 5 rings (SSSR count). The number of fused-ring (bicyclic) bond motifs is 8. The van der Waals surface area contributed by atoms with Gasteiger partial charge in [-0.15, -0.1) is 0 Å². The summed E-state index contributed by atoms with van der Waals surface area (Å²) in [5, 5.41) is 18.0. The number of hydrogen-bond donors (Lipinski definition) is 4. The summed E-state index contributed by atoms with van der Waals surface area (Å²) in [6.07, 6.45) is 7.83. The molecule has 4 N–H and O–H groups in total. The van der Waals surface area contributed by atoms with Crippen molar-refractivity contribution in [1.82, 2.24) is 19.9 Å². The molecular formula is C26H14F4N4O4.